The van der Waals surface area contributed by atoms with Gasteiger partial charge in [-0.05, 0) is 94.7 Å². The third-order valence-corrected chi connectivity index (χ3v) is 12.1. The predicted octanol–water partition coefficient (Wildman–Crippen LogP) is 15.8. The molecule has 2 heterocycles. The van der Waals surface area contributed by atoms with E-state index in [9.17, 15) is 0 Å². The van der Waals surface area contributed by atoms with Crippen LogP contribution in [-0.4, -0.2) is 9.97 Å². The van der Waals surface area contributed by atoms with Crippen molar-refractivity contribution in [2.45, 2.75) is 0 Å². The first-order valence-electron chi connectivity index (χ1n) is 20.7. The standard InChI is InChI=1S/C58H36N2O/c1-3-16-40(17-4-1)55-47-24-12-13-25-48(47)56(50-32-31-37-15-7-9-21-44(37)57(50)55)49-34-33-43(45-22-10-11-23-46(45)49)38-27-29-39(30-28-38)51-36-52(54-35-42-20-8-14-26-53(42)61-54)60-58(59-51)41-18-5-2-6-19-41/h1-36H. The van der Waals surface area contributed by atoms with Crippen molar-refractivity contribution in [1.82, 2.24) is 9.97 Å². The number of para-hydroxylation sites is 1. The number of furan rings is 1. The monoisotopic (exact) mass is 776 g/mol. The second-order valence-electron chi connectivity index (χ2n) is 15.6. The summed E-state index contributed by atoms with van der Waals surface area (Å²) in [5.41, 5.74) is 11.7. The van der Waals surface area contributed by atoms with Crippen molar-refractivity contribution in [3.8, 4) is 67.5 Å². The molecule has 284 valence electrons. The molecular weight excluding hydrogens is 741 g/mol. The summed E-state index contributed by atoms with van der Waals surface area (Å²) in [6.45, 7) is 0. The predicted molar refractivity (Wildman–Crippen MR) is 254 cm³/mol. The molecule has 0 unspecified atom stereocenters. The summed E-state index contributed by atoms with van der Waals surface area (Å²) >= 11 is 0. The lowest BCUT2D eigenvalue weighted by Crippen LogP contribution is -1.95. The summed E-state index contributed by atoms with van der Waals surface area (Å²) in [6.07, 6.45) is 0. The van der Waals surface area contributed by atoms with Gasteiger partial charge in [-0.1, -0.05) is 200 Å². The van der Waals surface area contributed by atoms with E-state index in [0.29, 0.717) is 11.6 Å². The van der Waals surface area contributed by atoms with Gasteiger partial charge in [-0.3, -0.25) is 0 Å². The summed E-state index contributed by atoms with van der Waals surface area (Å²) < 4.78 is 6.30. The summed E-state index contributed by atoms with van der Waals surface area (Å²) in [7, 11) is 0. The molecule has 0 fully saturated rings. The summed E-state index contributed by atoms with van der Waals surface area (Å²) in [5, 5.41) is 11.0. The molecule has 0 aliphatic rings. The molecule has 61 heavy (non-hydrogen) atoms. The minimum absolute atomic E-state index is 0.657. The van der Waals surface area contributed by atoms with E-state index >= 15 is 0 Å². The normalized spacial score (nSPS) is 11.6. The highest BCUT2D eigenvalue weighted by atomic mass is 16.3. The van der Waals surface area contributed by atoms with E-state index in [4.69, 9.17) is 14.4 Å². The van der Waals surface area contributed by atoms with Crippen molar-refractivity contribution in [2.75, 3.05) is 0 Å². The zero-order valence-electron chi connectivity index (χ0n) is 33.1. The topological polar surface area (TPSA) is 38.9 Å². The molecule has 10 aromatic carbocycles. The highest BCUT2D eigenvalue weighted by Crippen LogP contribution is 2.48. The van der Waals surface area contributed by atoms with Crippen LogP contribution < -0.4 is 0 Å². The first-order valence-corrected chi connectivity index (χ1v) is 20.7. The van der Waals surface area contributed by atoms with Crippen molar-refractivity contribution in [3.63, 3.8) is 0 Å². The van der Waals surface area contributed by atoms with Gasteiger partial charge in [0.25, 0.3) is 0 Å². The first kappa shape index (κ1) is 34.9. The lowest BCUT2D eigenvalue weighted by atomic mass is 9.82. The van der Waals surface area contributed by atoms with Crippen molar-refractivity contribution in [2.24, 2.45) is 0 Å². The van der Waals surface area contributed by atoms with E-state index in [2.05, 4.69) is 164 Å². The van der Waals surface area contributed by atoms with Gasteiger partial charge in [0.1, 0.15) is 11.3 Å². The van der Waals surface area contributed by atoms with Crippen LogP contribution in [0.2, 0.25) is 0 Å². The Morgan fingerprint density at radius 3 is 1.61 bits per heavy atom. The first-order chi connectivity index (χ1) is 30.2. The highest BCUT2D eigenvalue weighted by Gasteiger charge is 2.21. The third kappa shape index (κ3) is 5.90. The second kappa shape index (κ2) is 14.3. The average molecular weight is 777 g/mol. The van der Waals surface area contributed by atoms with E-state index in [1.54, 1.807) is 0 Å². The Kier molecular flexibility index (Phi) is 8.17. The van der Waals surface area contributed by atoms with Crippen molar-refractivity contribution in [1.29, 1.82) is 0 Å². The van der Waals surface area contributed by atoms with Crippen LogP contribution in [0.4, 0.5) is 0 Å². The molecule has 0 aliphatic carbocycles. The van der Waals surface area contributed by atoms with Gasteiger partial charge in [0, 0.05) is 16.5 Å². The van der Waals surface area contributed by atoms with Gasteiger partial charge in [0.2, 0.25) is 0 Å². The van der Waals surface area contributed by atoms with Crippen molar-refractivity contribution in [3.05, 3.63) is 218 Å². The van der Waals surface area contributed by atoms with Gasteiger partial charge >= 0.3 is 0 Å². The number of rotatable bonds is 6. The Hall–Kier alpha value is -8.14. The van der Waals surface area contributed by atoms with Gasteiger partial charge in [0.15, 0.2) is 11.6 Å². The molecule has 0 saturated carbocycles. The SMILES string of the molecule is c1ccc(-c2nc(-c3ccc(-c4ccc(-c5c6ccccc6c(-c6ccccc6)c6c5ccc5ccccc56)c5ccccc45)cc3)cc(-c3cc4ccccc4o3)n2)cc1. The van der Waals surface area contributed by atoms with Crippen LogP contribution >= 0.6 is 0 Å². The van der Waals surface area contributed by atoms with Crippen LogP contribution in [0.5, 0.6) is 0 Å². The zero-order valence-corrected chi connectivity index (χ0v) is 33.1. The van der Waals surface area contributed by atoms with Crippen LogP contribution in [0.1, 0.15) is 0 Å². The Labute approximate surface area is 352 Å². The number of benzene rings is 10. The van der Waals surface area contributed by atoms with Crippen LogP contribution in [0.25, 0.3) is 122 Å². The summed E-state index contributed by atoms with van der Waals surface area (Å²) in [5.74, 6) is 1.37. The average Bonchev–Trinajstić information content (AvgIpc) is 3.78. The van der Waals surface area contributed by atoms with Crippen molar-refractivity contribution >= 4 is 54.1 Å². The largest absolute Gasteiger partial charge is 0.454 e. The molecule has 3 heteroatoms. The van der Waals surface area contributed by atoms with E-state index in [1.807, 2.05) is 54.6 Å². The lowest BCUT2D eigenvalue weighted by molar-refractivity contribution is 0.628. The van der Waals surface area contributed by atoms with Crippen LogP contribution in [-0.2, 0) is 0 Å². The molecule has 0 aliphatic heterocycles. The van der Waals surface area contributed by atoms with Crippen molar-refractivity contribution < 1.29 is 4.42 Å². The maximum Gasteiger partial charge on any atom is 0.160 e. The van der Waals surface area contributed by atoms with E-state index < -0.39 is 0 Å². The van der Waals surface area contributed by atoms with Gasteiger partial charge in [-0.15, -0.1) is 0 Å². The number of aromatic nitrogens is 2. The van der Waals surface area contributed by atoms with E-state index in [0.717, 1.165) is 39.0 Å². The van der Waals surface area contributed by atoms with Gasteiger partial charge in [0.05, 0.1) is 5.69 Å². The smallest absolute Gasteiger partial charge is 0.160 e. The van der Waals surface area contributed by atoms with E-state index in [-0.39, 0.29) is 0 Å². The molecule has 0 atom stereocenters. The number of fused-ring (bicyclic) bond motifs is 6. The molecule has 0 amide bonds. The van der Waals surface area contributed by atoms with Gasteiger partial charge < -0.3 is 4.42 Å². The maximum atomic E-state index is 6.30. The maximum absolute atomic E-state index is 6.30. The number of hydrogen-bond donors (Lipinski definition) is 0. The van der Waals surface area contributed by atoms with Crippen LogP contribution in [0.15, 0.2) is 223 Å². The lowest BCUT2D eigenvalue weighted by Gasteiger charge is -2.21. The fourth-order valence-corrected chi connectivity index (χ4v) is 9.28. The molecule has 0 bridgehead atoms. The van der Waals surface area contributed by atoms with Gasteiger partial charge in [-0.25, -0.2) is 9.97 Å². The number of nitrogens with zero attached hydrogens (tertiary/aromatic N) is 2. The summed E-state index contributed by atoms with van der Waals surface area (Å²) in [4.78, 5) is 10.1. The van der Waals surface area contributed by atoms with Gasteiger partial charge in [-0.2, -0.15) is 0 Å². The summed E-state index contributed by atoms with van der Waals surface area (Å²) in [6, 6.07) is 77.7. The quantitative estimate of drug-likeness (QED) is 0.125. The zero-order chi connectivity index (χ0) is 40.3. The Balaban J connectivity index is 1.01. The fraction of sp³-hybridized carbons (Fsp3) is 0. The Morgan fingerprint density at radius 2 is 0.869 bits per heavy atom. The molecule has 12 rings (SSSR count). The van der Waals surface area contributed by atoms with Crippen LogP contribution in [0.3, 0.4) is 0 Å². The fourth-order valence-electron chi connectivity index (χ4n) is 9.28. The van der Waals surface area contributed by atoms with E-state index in [1.165, 1.54) is 70.9 Å². The Bertz CT molecular complexity index is 3590. The number of hydrogen-bond acceptors (Lipinski definition) is 3. The molecule has 0 N–H and O–H groups in total. The molecular formula is C58H36N2O. The minimum atomic E-state index is 0.657. The third-order valence-electron chi connectivity index (χ3n) is 12.1. The molecule has 2 aromatic heterocycles. The molecule has 3 nitrogen and oxygen atoms in total. The minimum Gasteiger partial charge on any atom is -0.454 e. The Morgan fingerprint density at radius 1 is 0.311 bits per heavy atom. The molecule has 0 radical (unpaired) electrons. The molecule has 0 spiro atoms. The highest BCUT2D eigenvalue weighted by molar-refractivity contribution is 6.29. The van der Waals surface area contributed by atoms with Crippen LogP contribution in [0, 0.1) is 0 Å². The molecule has 0 saturated heterocycles. The molecule has 12 aromatic rings. The second-order valence-corrected chi connectivity index (χ2v) is 15.6.